The summed E-state index contributed by atoms with van der Waals surface area (Å²) in [5.74, 6) is -2.01. The van der Waals surface area contributed by atoms with Crippen molar-refractivity contribution in [2.24, 2.45) is 5.73 Å². The molecule has 1 aromatic heterocycles. The van der Waals surface area contributed by atoms with E-state index >= 15 is 4.39 Å². The number of fused-ring (bicyclic) bond motifs is 1. The van der Waals surface area contributed by atoms with Crippen LogP contribution in [0.2, 0.25) is 5.02 Å². The number of quaternary nitrogens is 1. The van der Waals surface area contributed by atoms with Crippen molar-refractivity contribution in [1.29, 1.82) is 5.41 Å². The Labute approximate surface area is 258 Å². The van der Waals surface area contributed by atoms with Gasteiger partial charge in [0.05, 0.1) is 29.7 Å². The Morgan fingerprint density at radius 3 is 2.70 bits per heavy atom. The number of aromatic nitrogens is 1. The van der Waals surface area contributed by atoms with Gasteiger partial charge in [0, 0.05) is 41.8 Å². The molecule has 2 fully saturated rings. The van der Waals surface area contributed by atoms with Crippen molar-refractivity contribution in [3.63, 3.8) is 0 Å². The van der Waals surface area contributed by atoms with Gasteiger partial charge in [-0.2, -0.15) is 0 Å². The standard InChI is InChI=1S/C32H32ClF2N5O4/c1-31(30(37)42)15-44-28-21(31)12-24(40-27(28)20-6-3-18(34)11-23(20)33)22(32(35)7-8-32)14-39-29(41)16-9-17(13-38-19-4-5-19)26(36)25(10-16)43-2/h3,6,9-13,19,22,36,38H,4-5,7-8,14-15H2,1-2H3,(H2,37,42)(H,39,41)/p+1/b17-13-,36-26?/t22-,31+/m1/s1. The topological polar surface area (TPSA) is 144 Å². The van der Waals surface area contributed by atoms with Crippen molar-refractivity contribution in [3.8, 4) is 17.0 Å². The first kappa shape index (κ1) is 30.0. The number of pyridine rings is 1. The number of hydrogen-bond acceptors (Lipinski definition) is 6. The lowest BCUT2D eigenvalue weighted by molar-refractivity contribution is -0.602. The number of methoxy groups -OCH3 is 1. The number of allylic oxidation sites excluding steroid dienone is 2. The van der Waals surface area contributed by atoms with E-state index in [0.29, 0.717) is 22.7 Å². The number of alkyl halides is 1. The fraction of sp³-hybridized carbons (Fsp3) is 0.375. The van der Waals surface area contributed by atoms with Gasteiger partial charge in [-0.1, -0.05) is 11.6 Å². The lowest BCUT2D eigenvalue weighted by Gasteiger charge is -2.25. The van der Waals surface area contributed by atoms with E-state index in [9.17, 15) is 14.0 Å². The molecule has 1 aliphatic heterocycles. The molecule has 0 radical (unpaired) electrons. The molecule has 230 valence electrons. The van der Waals surface area contributed by atoms with Gasteiger partial charge >= 0.3 is 0 Å². The van der Waals surface area contributed by atoms with Crippen LogP contribution in [0.3, 0.4) is 0 Å². The Bertz CT molecular complexity index is 1680. The molecule has 6 N–H and O–H groups in total. The van der Waals surface area contributed by atoms with Crippen LogP contribution in [0.25, 0.3) is 11.3 Å². The average molecular weight is 625 g/mol. The van der Waals surface area contributed by atoms with Crippen LogP contribution in [0.4, 0.5) is 8.78 Å². The first-order chi connectivity index (χ1) is 20.9. The number of hydrogen-bond donors (Lipinski definition) is 4. The smallest absolute Gasteiger partial charge is 0.251 e. The number of amides is 2. The van der Waals surface area contributed by atoms with Gasteiger partial charge in [-0.3, -0.25) is 15.0 Å². The van der Waals surface area contributed by atoms with E-state index in [4.69, 9.17) is 37.2 Å². The van der Waals surface area contributed by atoms with Gasteiger partial charge in [0.25, 0.3) is 5.91 Å². The molecule has 9 nitrogen and oxygen atoms in total. The summed E-state index contributed by atoms with van der Waals surface area (Å²) in [6, 6.07) is 5.91. The summed E-state index contributed by atoms with van der Waals surface area (Å²) in [7, 11) is 1.44. The molecule has 1 aromatic carbocycles. The maximum atomic E-state index is 16.0. The third-order valence-electron chi connectivity index (χ3n) is 8.78. The van der Waals surface area contributed by atoms with E-state index in [2.05, 4.69) is 5.32 Å². The predicted molar refractivity (Wildman–Crippen MR) is 159 cm³/mol. The molecule has 44 heavy (non-hydrogen) atoms. The van der Waals surface area contributed by atoms with E-state index in [0.717, 1.165) is 18.9 Å². The minimum Gasteiger partial charge on any atom is -0.494 e. The average Bonchev–Trinajstić information content (AvgIpc) is 3.92. The molecule has 0 spiro atoms. The van der Waals surface area contributed by atoms with Crippen LogP contribution in [0, 0.1) is 11.2 Å². The Morgan fingerprint density at radius 1 is 1.32 bits per heavy atom. The number of primary amides is 1. The first-order valence-corrected chi connectivity index (χ1v) is 14.8. The van der Waals surface area contributed by atoms with Crippen LogP contribution < -0.4 is 21.1 Å². The number of ether oxygens (including phenoxy) is 2. The number of nitrogens with zero attached hydrogens (tertiary/aromatic N) is 1. The van der Waals surface area contributed by atoms with Gasteiger partial charge in [-0.15, -0.1) is 0 Å². The van der Waals surface area contributed by atoms with Crippen molar-refractivity contribution in [2.75, 3.05) is 20.3 Å². The summed E-state index contributed by atoms with van der Waals surface area (Å²) in [6.45, 7) is 1.48. The second-order valence-corrected chi connectivity index (χ2v) is 12.4. The lowest BCUT2D eigenvalue weighted by Crippen LogP contribution is -2.80. The molecular weight excluding hydrogens is 592 g/mol. The van der Waals surface area contributed by atoms with Crippen LogP contribution in [-0.2, 0) is 19.7 Å². The van der Waals surface area contributed by atoms with Gasteiger partial charge in [-0.25, -0.2) is 13.8 Å². The SMILES string of the molecule is COC1=CC(C(=O)NC[C@H](c2cc3c(c(-c4ccc(F)cc4Cl)n2)OC[C@]3(C)C(N)=O)C2(F)CC2)=C/C(=C/[NH2+]C2CC2)C1=N. The molecule has 4 aliphatic rings. The maximum Gasteiger partial charge on any atom is 0.251 e. The van der Waals surface area contributed by atoms with Crippen LogP contribution in [-0.4, -0.2) is 54.5 Å². The van der Waals surface area contributed by atoms with E-state index < -0.39 is 34.6 Å². The van der Waals surface area contributed by atoms with Gasteiger partial charge in [0.15, 0.2) is 0 Å². The van der Waals surface area contributed by atoms with Crippen LogP contribution >= 0.6 is 11.6 Å². The Hall–Kier alpha value is -4.09. The first-order valence-electron chi connectivity index (χ1n) is 14.5. The zero-order chi connectivity index (χ0) is 31.4. The third-order valence-corrected chi connectivity index (χ3v) is 9.10. The Balaban J connectivity index is 1.35. The van der Waals surface area contributed by atoms with Crippen LogP contribution in [0.5, 0.6) is 5.75 Å². The Kier molecular flexibility index (Phi) is 7.57. The number of carbonyl (C=O) groups is 2. The van der Waals surface area contributed by atoms with Crippen molar-refractivity contribution in [3.05, 3.63) is 81.6 Å². The summed E-state index contributed by atoms with van der Waals surface area (Å²) in [6.07, 6.45) is 7.67. The number of benzene rings is 1. The van der Waals surface area contributed by atoms with Crippen molar-refractivity contribution in [2.45, 2.75) is 55.7 Å². The van der Waals surface area contributed by atoms with Crippen LogP contribution in [0.15, 0.2) is 59.5 Å². The highest BCUT2D eigenvalue weighted by atomic mass is 35.5. The normalized spacial score (nSPS) is 23.3. The highest BCUT2D eigenvalue weighted by Crippen LogP contribution is 2.53. The van der Waals surface area contributed by atoms with E-state index in [-0.39, 0.29) is 65.2 Å². The number of nitrogens with two attached hydrogens (primary N) is 2. The second kappa shape index (κ2) is 11.1. The molecule has 2 heterocycles. The number of halogens is 3. The van der Waals surface area contributed by atoms with Crippen molar-refractivity contribution in [1.82, 2.24) is 10.3 Å². The minimum atomic E-state index is -1.65. The van der Waals surface area contributed by atoms with E-state index in [1.54, 1.807) is 19.1 Å². The van der Waals surface area contributed by atoms with Crippen molar-refractivity contribution < 1.29 is 33.2 Å². The number of rotatable bonds is 10. The van der Waals surface area contributed by atoms with E-state index in [1.165, 1.54) is 25.3 Å². The molecule has 0 saturated heterocycles. The monoisotopic (exact) mass is 624 g/mol. The zero-order valence-corrected chi connectivity index (χ0v) is 25.1. The number of nitrogens with one attached hydrogen (secondary N) is 2. The van der Waals surface area contributed by atoms with E-state index in [1.807, 2.05) is 11.5 Å². The van der Waals surface area contributed by atoms with Gasteiger partial charge in [0.1, 0.15) is 52.6 Å². The number of carbonyl (C=O) groups excluding carboxylic acids is 2. The fourth-order valence-electron chi connectivity index (χ4n) is 5.56. The van der Waals surface area contributed by atoms with Gasteiger partial charge < -0.3 is 25.8 Å². The summed E-state index contributed by atoms with van der Waals surface area (Å²) >= 11 is 6.41. The summed E-state index contributed by atoms with van der Waals surface area (Å²) in [5.41, 5.74) is 5.19. The molecule has 3 aliphatic carbocycles. The largest absolute Gasteiger partial charge is 0.494 e. The maximum absolute atomic E-state index is 16.0. The van der Waals surface area contributed by atoms with Crippen LogP contribution in [0.1, 0.15) is 49.8 Å². The quantitative estimate of drug-likeness (QED) is 0.320. The van der Waals surface area contributed by atoms with Gasteiger partial charge in [0.2, 0.25) is 5.91 Å². The highest BCUT2D eigenvalue weighted by Gasteiger charge is 2.53. The minimum absolute atomic E-state index is 0.0534. The Morgan fingerprint density at radius 2 is 2.07 bits per heavy atom. The lowest BCUT2D eigenvalue weighted by atomic mass is 9.82. The zero-order valence-electron chi connectivity index (χ0n) is 24.3. The molecule has 2 saturated carbocycles. The summed E-state index contributed by atoms with van der Waals surface area (Å²) < 4.78 is 41.2. The summed E-state index contributed by atoms with van der Waals surface area (Å²) in [5, 5.41) is 13.4. The molecule has 2 aromatic rings. The predicted octanol–water partition coefficient (Wildman–Crippen LogP) is 3.48. The highest BCUT2D eigenvalue weighted by molar-refractivity contribution is 6.33. The van der Waals surface area contributed by atoms with Crippen molar-refractivity contribution >= 4 is 29.1 Å². The molecule has 0 bridgehead atoms. The fourth-order valence-corrected chi connectivity index (χ4v) is 5.81. The molecule has 6 rings (SSSR count). The molecule has 0 unspecified atom stereocenters. The molecular formula is C32H33ClF2N5O4+. The molecule has 2 atom stereocenters. The second-order valence-electron chi connectivity index (χ2n) is 12.0. The molecule has 12 heteroatoms. The summed E-state index contributed by atoms with van der Waals surface area (Å²) in [4.78, 5) is 30.8. The molecule has 2 amide bonds. The third kappa shape index (κ3) is 5.50. The van der Waals surface area contributed by atoms with Gasteiger partial charge in [-0.05, 0) is 56.2 Å².